The number of fused-ring (bicyclic) bond motifs is 1. The fourth-order valence-electron chi connectivity index (χ4n) is 2.94. The number of alkyl halides is 3. The lowest BCUT2D eigenvalue weighted by Crippen LogP contribution is -2.32. The minimum atomic E-state index is -4.49. The zero-order chi connectivity index (χ0) is 20.5. The van der Waals surface area contributed by atoms with Crippen molar-refractivity contribution in [3.8, 4) is 0 Å². The Morgan fingerprint density at radius 3 is 2.36 bits per heavy atom. The average molecular weight is 409 g/mol. The lowest BCUT2D eigenvalue weighted by molar-refractivity contribution is -0.137. The van der Waals surface area contributed by atoms with Gasteiger partial charge < -0.3 is 9.64 Å². The molecule has 2 aromatic rings. The highest BCUT2D eigenvalue weighted by Gasteiger charge is 2.33. The summed E-state index contributed by atoms with van der Waals surface area (Å²) in [5, 5.41) is 0.162. The Balaban J connectivity index is 1.99. The topological polar surface area (TPSA) is 46.6 Å². The highest BCUT2D eigenvalue weighted by Crippen LogP contribution is 2.41. The van der Waals surface area contributed by atoms with Crippen LogP contribution < -0.4 is 4.90 Å². The maximum Gasteiger partial charge on any atom is 0.416 e. The van der Waals surface area contributed by atoms with Gasteiger partial charge in [0, 0.05) is 22.3 Å². The molecule has 0 aromatic heterocycles. The van der Waals surface area contributed by atoms with Gasteiger partial charge in [-0.2, -0.15) is 13.2 Å². The number of esters is 1. The molecule has 0 unspecified atom stereocenters. The average Bonchev–Trinajstić information content (AvgIpc) is 2.83. The first-order valence-electron chi connectivity index (χ1n) is 8.59. The number of carbonyl (C=O) groups excluding carboxylic acids is 2. The van der Waals surface area contributed by atoms with Crippen LogP contribution in [0.15, 0.2) is 47.4 Å². The van der Waals surface area contributed by atoms with Crippen molar-refractivity contribution in [1.82, 2.24) is 0 Å². The second-order valence-electron chi connectivity index (χ2n) is 6.42. The molecule has 0 N–H and O–H groups in total. The van der Waals surface area contributed by atoms with Crippen molar-refractivity contribution in [1.29, 1.82) is 0 Å². The number of hydrogen-bond donors (Lipinski definition) is 0. The molecule has 148 valence electrons. The Kier molecular flexibility index (Phi) is 5.69. The quantitative estimate of drug-likeness (QED) is 0.654. The molecule has 0 fully saturated rings. The summed E-state index contributed by atoms with van der Waals surface area (Å²) in [6.45, 7) is 2.28. The maximum atomic E-state index is 13.2. The zero-order valence-corrected chi connectivity index (χ0v) is 16.1. The van der Waals surface area contributed by atoms with Crippen LogP contribution in [0.1, 0.15) is 39.6 Å². The van der Waals surface area contributed by atoms with Crippen molar-refractivity contribution in [3.63, 3.8) is 0 Å². The molecule has 4 nitrogen and oxygen atoms in total. The van der Waals surface area contributed by atoms with Crippen molar-refractivity contribution >= 4 is 29.3 Å². The van der Waals surface area contributed by atoms with E-state index in [-0.39, 0.29) is 16.5 Å². The van der Waals surface area contributed by atoms with Crippen LogP contribution in [0.5, 0.6) is 0 Å². The van der Waals surface area contributed by atoms with E-state index < -0.39 is 23.6 Å². The van der Waals surface area contributed by atoms with Gasteiger partial charge in [-0.05, 0) is 48.9 Å². The minimum absolute atomic E-state index is 0.162. The van der Waals surface area contributed by atoms with Crippen LogP contribution in [0.2, 0.25) is 0 Å². The summed E-state index contributed by atoms with van der Waals surface area (Å²) in [6.07, 6.45) is -3.85. The number of halogens is 3. The van der Waals surface area contributed by atoms with E-state index in [0.717, 1.165) is 12.1 Å². The molecule has 28 heavy (non-hydrogen) atoms. The smallest absolute Gasteiger partial charge is 0.416 e. The van der Waals surface area contributed by atoms with Gasteiger partial charge in [-0.3, -0.25) is 4.79 Å². The van der Waals surface area contributed by atoms with E-state index in [2.05, 4.69) is 4.74 Å². The Hall–Kier alpha value is -2.48. The molecular formula is C20H18F3NO3S. The van der Waals surface area contributed by atoms with Crippen LogP contribution in [0, 0.1) is 0 Å². The van der Waals surface area contributed by atoms with Gasteiger partial charge >= 0.3 is 12.1 Å². The van der Waals surface area contributed by atoms with Gasteiger partial charge in [-0.1, -0.05) is 6.92 Å². The lowest BCUT2D eigenvalue weighted by Gasteiger charge is -2.24. The molecule has 3 rings (SSSR count). The van der Waals surface area contributed by atoms with E-state index in [1.54, 1.807) is 0 Å². The highest BCUT2D eigenvalue weighted by atomic mass is 32.2. The van der Waals surface area contributed by atoms with Crippen LogP contribution in [0.4, 0.5) is 18.9 Å². The first-order valence-corrected chi connectivity index (χ1v) is 9.47. The Morgan fingerprint density at radius 1 is 1.11 bits per heavy atom. The van der Waals surface area contributed by atoms with Crippen LogP contribution in [-0.2, 0) is 10.9 Å². The summed E-state index contributed by atoms with van der Waals surface area (Å²) < 4.78 is 44.2. The fraction of sp³-hybridized carbons (Fsp3) is 0.300. The number of anilines is 1. The summed E-state index contributed by atoms with van der Waals surface area (Å²) in [5.74, 6) is -0.939. The third-order valence-electron chi connectivity index (χ3n) is 4.46. The molecule has 8 heteroatoms. The van der Waals surface area contributed by atoms with E-state index in [1.807, 2.05) is 6.92 Å². The summed E-state index contributed by atoms with van der Waals surface area (Å²) in [5.41, 5.74) is 0.0425. The summed E-state index contributed by atoms with van der Waals surface area (Å²) in [6, 6.07) is 9.36. The number of hydrogen-bond acceptors (Lipinski definition) is 4. The van der Waals surface area contributed by atoms with Crippen LogP contribution in [-0.4, -0.2) is 30.8 Å². The largest absolute Gasteiger partial charge is 0.465 e. The Labute approximate surface area is 164 Å². The van der Waals surface area contributed by atoms with E-state index in [4.69, 9.17) is 0 Å². The molecular weight excluding hydrogens is 391 g/mol. The van der Waals surface area contributed by atoms with E-state index in [9.17, 15) is 22.8 Å². The van der Waals surface area contributed by atoms with E-state index in [0.29, 0.717) is 23.4 Å². The number of benzene rings is 2. The number of nitrogens with zero attached hydrogens (tertiary/aromatic N) is 1. The third kappa shape index (κ3) is 4.16. The highest BCUT2D eigenvalue weighted by molar-refractivity contribution is 8.00. The number of thioether (sulfide) groups is 1. The van der Waals surface area contributed by atoms with Crippen LogP contribution >= 0.6 is 11.8 Å². The van der Waals surface area contributed by atoms with E-state index >= 15 is 0 Å². The molecule has 0 bridgehead atoms. The van der Waals surface area contributed by atoms with Gasteiger partial charge in [0.25, 0.3) is 5.91 Å². The van der Waals surface area contributed by atoms with Gasteiger partial charge in [-0.15, -0.1) is 11.8 Å². The molecule has 1 atom stereocenters. The Bertz CT molecular complexity index is 897. The molecule has 1 aliphatic heterocycles. The minimum Gasteiger partial charge on any atom is -0.465 e. The molecule has 1 amide bonds. The van der Waals surface area contributed by atoms with Gasteiger partial charge in [0.2, 0.25) is 0 Å². The predicted octanol–water partition coefficient (Wildman–Crippen LogP) is 5.02. The molecule has 2 aromatic carbocycles. The van der Waals surface area contributed by atoms with Crippen molar-refractivity contribution in [2.24, 2.45) is 0 Å². The van der Waals surface area contributed by atoms with Crippen molar-refractivity contribution in [2.75, 3.05) is 18.6 Å². The van der Waals surface area contributed by atoms with E-state index in [1.165, 1.54) is 54.1 Å². The van der Waals surface area contributed by atoms with Crippen LogP contribution in [0.25, 0.3) is 0 Å². The molecule has 0 saturated carbocycles. The van der Waals surface area contributed by atoms with Crippen molar-refractivity contribution in [2.45, 2.75) is 29.7 Å². The first-order chi connectivity index (χ1) is 13.2. The molecule has 0 aliphatic carbocycles. The SMILES string of the molecule is COC(=O)c1ccc(C(=O)N2CC[C@@H](C)Sc3ccc(C(F)(F)F)cc32)cc1. The lowest BCUT2D eigenvalue weighted by atomic mass is 10.1. The standard InChI is InChI=1S/C20H18F3NO3S/c1-12-9-10-24(16-11-15(20(21,22)23)7-8-17(16)28-12)18(25)13-3-5-14(6-4-13)19(26)27-2/h3-8,11-12H,9-10H2,1-2H3/t12-/m1/s1. The number of amides is 1. The molecule has 1 heterocycles. The summed E-state index contributed by atoms with van der Waals surface area (Å²) in [4.78, 5) is 26.6. The van der Waals surface area contributed by atoms with Gasteiger partial charge in [0.05, 0.1) is 23.9 Å². The monoisotopic (exact) mass is 409 g/mol. The molecule has 0 spiro atoms. The van der Waals surface area contributed by atoms with Gasteiger partial charge in [0.15, 0.2) is 0 Å². The number of methoxy groups -OCH3 is 1. The number of ether oxygens (including phenoxy) is 1. The number of rotatable bonds is 2. The second-order valence-corrected chi connectivity index (χ2v) is 7.90. The Morgan fingerprint density at radius 2 is 1.75 bits per heavy atom. The second kappa shape index (κ2) is 7.87. The molecule has 0 radical (unpaired) electrons. The summed E-state index contributed by atoms with van der Waals surface area (Å²) >= 11 is 1.46. The number of carbonyl (C=O) groups is 2. The van der Waals surface area contributed by atoms with Crippen LogP contribution in [0.3, 0.4) is 0 Å². The molecule has 0 saturated heterocycles. The summed E-state index contributed by atoms with van der Waals surface area (Å²) in [7, 11) is 1.26. The van der Waals surface area contributed by atoms with Gasteiger partial charge in [0.1, 0.15) is 0 Å². The predicted molar refractivity (Wildman–Crippen MR) is 101 cm³/mol. The third-order valence-corrected chi connectivity index (χ3v) is 5.70. The maximum absolute atomic E-state index is 13.2. The normalized spacial score (nSPS) is 16.9. The zero-order valence-electron chi connectivity index (χ0n) is 15.2. The van der Waals surface area contributed by atoms with Crippen molar-refractivity contribution < 1.29 is 27.5 Å². The molecule has 1 aliphatic rings. The first kappa shape index (κ1) is 20.3. The van der Waals surface area contributed by atoms with Gasteiger partial charge in [-0.25, -0.2) is 4.79 Å². The van der Waals surface area contributed by atoms with Crippen molar-refractivity contribution in [3.05, 3.63) is 59.2 Å². The fourth-order valence-corrected chi connectivity index (χ4v) is 4.04.